The highest BCUT2D eigenvalue weighted by Crippen LogP contribution is 2.39. The first-order valence-electron chi connectivity index (χ1n) is 9.55. The molecule has 0 atom stereocenters. The molecule has 0 unspecified atom stereocenters. The van der Waals surface area contributed by atoms with E-state index < -0.39 is 0 Å². The number of aromatic nitrogens is 2. The van der Waals surface area contributed by atoms with Crippen molar-refractivity contribution in [2.24, 2.45) is 0 Å². The Morgan fingerprint density at radius 2 is 1.17 bits per heavy atom. The highest BCUT2D eigenvalue weighted by Gasteiger charge is 2.16. The first-order chi connectivity index (χ1) is 14.3. The Bertz CT molecular complexity index is 1570. The molecule has 6 aromatic rings. The molecule has 0 saturated carbocycles. The fourth-order valence-electron chi connectivity index (χ4n) is 4.29. The van der Waals surface area contributed by atoms with E-state index in [1.807, 2.05) is 6.07 Å². The van der Waals surface area contributed by atoms with E-state index in [1.165, 1.54) is 21.5 Å². The van der Waals surface area contributed by atoms with Crippen molar-refractivity contribution in [1.82, 2.24) is 9.97 Å². The topological polar surface area (TPSA) is 25.8 Å². The van der Waals surface area contributed by atoms with Gasteiger partial charge >= 0.3 is 0 Å². The van der Waals surface area contributed by atoms with E-state index in [1.54, 1.807) is 0 Å². The second-order valence-corrected chi connectivity index (χ2v) is 7.56. The minimum absolute atomic E-state index is 0.265. The van der Waals surface area contributed by atoms with Crippen molar-refractivity contribution in [2.75, 3.05) is 0 Å². The number of nitrogens with zero attached hydrogens (tertiary/aromatic N) is 2. The second kappa shape index (κ2) is 6.26. The van der Waals surface area contributed by atoms with Crippen LogP contribution in [0.1, 0.15) is 0 Å². The van der Waals surface area contributed by atoms with Gasteiger partial charge < -0.3 is 0 Å². The molecule has 0 amide bonds. The van der Waals surface area contributed by atoms with Crippen molar-refractivity contribution in [1.29, 1.82) is 0 Å². The van der Waals surface area contributed by atoms with Crippen molar-refractivity contribution in [2.45, 2.75) is 0 Å². The molecular formula is C26H15ClN2. The first-order valence-corrected chi connectivity index (χ1v) is 9.93. The molecule has 0 aliphatic heterocycles. The monoisotopic (exact) mass is 390 g/mol. The summed E-state index contributed by atoms with van der Waals surface area (Å²) in [5.74, 6) is 0. The SMILES string of the molecule is Clc1nc(-c2ccc3ccccc3c2)c2c3ccccc3c3ccccc3c2n1. The lowest BCUT2D eigenvalue weighted by molar-refractivity contribution is 1.23. The van der Waals surface area contributed by atoms with E-state index in [0.29, 0.717) is 0 Å². The lowest BCUT2D eigenvalue weighted by Gasteiger charge is -2.13. The first kappa shape index (κ1) is 16.5. The number of hydrogen-bond donors (Lipinski definition) is 0. The molecule has 29 heavy (non-hydrogen) atoms. The molecule has 0 fully saturated rings. The van der Waals surface area contributed by atoms with Gasteiger partial charge in [0.1, 0.15) is 0 Å². The van der Waals surface area contributed by atoms with Crippen LogP contribution < -0.4 is 0 Å². The van der Waals surface area contributed by atoms with E-state index in [-0.39, 0.29) is 5.28 Å². The predicted octanol–water partition coefficient (Wildman–Crippen LogP) is 7.41. The predicted molar refractivity (Wildman–Crippen MR) is 123 cm³/mol. The summed E-state index contributed by atoms with van der Waals surface area (Å²) in [6, 6.07) is 31.6. The molecule has 0 spiro atoms. The molecule has 0 aliphatic carbocycles. The summed E-state index contributed by atoms with van der Waals surface area (Å²) in [5, 5.41) is 8.29. The van der Waals surface area contributed by atoms with Gasteiger partial charge in [0.2, 0.25) is 5.28 Å². The van der Waals surface area contributed by atoms with Gasteiger partial charge in [-0.05, 0) is 44.6 Å². The summed E-state index contributed by atoms with van der Waals surface area (Å²) < 4.78 is 0. The number of rotatable bonds is 1. The summed E-state index contributed by atoms with van der Waals surface area (Å²) in [5.41, 5.74) is 2.80. The van der Waals surface area contributed by atoms with Crippen LogP contribution in [-0.2, 0) is 0 Å². The molecule has 3 heteroatoms. The van der Waals surface area contributed by atoms with Crippen LogP contribution in [0, 0.1) is 0 Å². The number of hydrogen-bond acceptors (Lipinski definition) is 2. The van der Waals surface area contributed by atoms with Crippen LogP contribution in [-0.4, -0.2) is 9.97 Å². The Morgan fingerprint density at radius 3 is 1.97 bits per heavy atom. The summed E-state index contributed by atoms with van der Waals surface area (Å²) in [6.45, 7) is 0. The number of fused-ring (bicyclic) bond motifs is 7. The van der Waals surface area contributed by atoms with Crippen molar-refractivity contribution >= 4 is 54.8 Å². The molecule has 0 N–H and O–H groups in total. The number of benzene rings is 5. The molecule has 0 bridgehead atoms. The van der Waals surface area contributed by atoms with Crippen LogP contribution in [0.4, 0.5) is 0 Å². The summed E-state index contributed by atoms with van der Waals surface area (Å²) in [7, 11) is 0. The largest absolute Gasteiger partial charge is 0.223 e. The summed E-state index contributed by atoms with van der Waals surface area (Å²) in [6.07, 6.45) is 0. The fourth-order valence-corrected chi connectivity index (χ4v) is 4.46. The minimum Gasteiger partial charge on any atom is -0.217 e. The van der Waals surface area contributed by atoms with Crippen LogP contribution in [0.15, 0.2) is 91.0 Å². The normalized spacial score (nSPS) is 11.6. The van der Waals surface area contributed by atoms with E-state index >= 15 is 0 Å². The Hall–Kier alpha value is -3.49. The van der Waals surface area contributed by atoms with Gasteiger partial charge in [0.25, 0.3) is 0 Å². The Labute approximate surface area is 172 Å². The molecule has 0 saturated heterocycles. The van der Waals surface area contributed by atoms with Crippen molar-refractivity contribution in [3.05, 3.63) is 96.3 Å². The standard InChI is InChI=1S/C26H15ClN2/c27-26-28-24(18-14-13-16-7-1-2-8-17(16)15-18)23-21-11-5-3-9-19(21)20-10-4-6-12-22(20)25(23)29-26/h1-15H. The van der Waals surface area contributed by atoms with Gasteiger partial charge in [-0.25, -0.2) is 9.97 Å². The average molecular weight is 391 g/mol. The molecule has 2 nitrogen and oxygen atoms in total. The molecule has 1 aromatic heterocycles. The maximum Gasteiger partial charge on any atom is 0.223 e. The van der Waals surface area contributed by atoms with Gasteiger partial charge in [-0.3, -0.25) is 0 Å². The third-order valence-corrected chi connectivity index (χ3v) is 5.74. The average Bonchev–Trinajstić information content (AvgIpc) is 2.78. The minimum atomic E-state index is 0.265. The summed E-state index contributed by atoms with van der Waals surface area (Å²) >= 11 is 6.42. The second-order valence-electron chi connectivity index (χ2n) is 7.22. The maximum absolute atomic E-state index is 6.42. The van der Waals surface area contributed by atoms with Gasteiger partial charge in [0.15, 0.2) is 0 Å². The van der Waals surface area contributed by atoms with Crippen LogP contribution in [0.2, 0.25) is 5.28 Å². The molecule has 6 rings (SSSR count). The third kappa shape index (κ3) is 2.50. The van der Waals surface area contributed by atoms with Gasteiger partial charge in [-0.15, -0.1) is 0 Å². The lowest BCUT2D eigenvalue weighted by Crippen LogP contribution is -1.94. The lowest BCUT2D eigenvalue weighted by atomic mass is 9.94. The molecular weight excluding hydrogens is 376 g/mol. The molecule has 136 valence electrons. The third-order valence-electron chi connectivity index (χ3n) is 5.57. The summed E-state index contributed by atoms with van der Waals surface area (Å²) in [4.78, 5) is 9.35. The zero-order chi connectivity index (χ0) is 19.4. The van der Waals surface area contributed by atoms with Crippen molar-refractivity contribution in [3.63, 3.8) is 0 Å². The smallest absolute Gasteiger partial charge is 0.217 e. The van der Waals surface area contributed by atoms with E-state index in [2.05, 4.69) is 94.9 Å². The van der Waals surface area contributed by atoms with Crippen LogP contribution in [0.5, 0.6) is 0 Å². The van der Waals surface area contributed by atoms with E-state index in [0.717, 1.165) is 32.9 Å². The van der Waals surface area contributed by atoms with Crippen LogP contribution >= 0.6 is 11.6 Å². The Balaban J connectivity index is 1.83. The molecule has 0 radical (unpaired) electrons. The Morgan fingerprint density at radius 1 is 0.552 bits per heavy atom. The van der Waals surface area contributed by atoms with E-state index in [9.17, 15) is 0 Å². The van der Waals surface area contributed by atoms with Crippen molar-refractivity contribution < 1.29 is 0 Å². The Kier molecular flexibility index (Phi) is 3.56. The van der Waals surface area contributed by atoms with E-state index in [4.69, 9.17) is 11.6 Å². The van der Waals surface area contributed by atoms with Crippen LogP contribution in [0.25, 0.3) is 54.5 Å². The van der Waals surface area contributed by atoms with Gasteiger partial charge in [0.05, 0.1) is 11.2 Å². The quantitative estimate of drug-likeness (QED) is 0.216. The molecule has 0 aliphatic rings. The maximum atomic E-state index is 6.42. The zero-order valence-corrected chi connectivity index (χ0v) is 16.2. The van der Waals surface area contributed by atoms with Gasteiger partial charge in [0, 0.05) is 16.3 Å². The number of halogens is 1. The zero-order valence-electron chi connectivity index (χ0n) is 15.4. The van der Waals surface area contributed by atoms with Gasteiger partial charge in [-0.1, -0.05) is 84.9 Å². The molecule has 5 aromatic carbocycles. The molecule has 1 heterocycles. The van der Waals surface area contributed by atoms with Crippen molar-refractivity contribution in [3.8, 4) is 11.3 Å². The van der Waals surface area contributed by atoms with Crippen LogP contribution in [0.3, 0.4) is 0 Å². The highest BCUT2D eigenvalue weighted by atomic mass is 35.5. The van der Waals surface area contributed by atoms with Gasteiger partial charge in [-0.2, -0.15) is 0 Å². The highest BCUT2D eigenvalue weighted by molar-refractivity contribution is 6.31. The fraction of sp³-hybridized carbons (Fsp3) is 0.